The summed E-state index contributed by atoms with van der Waals surface area (Å²) in [5, 5.41) is 20.5. The number of benzene rings is 12. The van der Waals surface area contributed by atoms with Crippen LogP contribution < -0.4 is 0 Å². The van der Waals surface area contributed by atoms with E-state index in [0.29, 0.717) is 0 Å². The average molecular weight is 783 g/mol. The molecule has 2 heterocycles. The van der Waals surface area contributed by atoms with E-state index in [9.17, 15) is 0 Å². The van der Waals surface area contributed by atoms with Crippen LogP contribution in [-0.2, 0) is 0 Å². The van der Waals surface area contributed by atoms with Gasteiger partial charge in [-0.05, 0) is 160 Å². The SMILES string of the molecule is c1ccc2c(c1)ccc1c2c2c3ccccc3ccc2n1-c1ccc2cc3c(cc2c1)-c1cc2cc(-n4c5ccc6ccccc6c5c5c6ccccc6ccc54)ccc2cc1-3. The summed E-state index contributed by atoms with van der Waals surface area (Å²) in [4.78, 5) is 0. The highest BCUT2D eigenvalue weighted by Gasteiger charge is 2.25. The molecular weight excluding hydrogens is 749 g/mol. The Kier molecular flexibility index (Phi) is 6.18. The first-order valence-electron chi connectivity index (χ1n) is 21.6. The second-order valence-corrected chi connectivity index (χ2v) is 17.3. The summed E-state index contributed by atoms with van der Waals surface area (Å²) >= 11 is 0. The molecule has 62 heavy (non-hydrogen) atoms. The van der Waals surface area contributed by atoms with E-state index < -0.39 is 0 Å². The number of aromatic nitrogens is 2. The van der Waals surface area contributed by atoms with Gasteiger partial charge in [0.15, 0.2) is 0 Å². The molecule has 14 aromatic rings. The molecule has 2 aromatic heterocycles. The van der Waals surface area contributed by atoms with Crippen molar-refractivity contribution in [2.75, 3.05) is 0 Å². The Balaban J connectivity index is 0.904. The maximum absolute atomic E-state index is 2.48. The van der Waals surface area contributed by atoms with E-state index in [-0.39, 0.29) is 0 Å². The minimum atomic E-state index is 1.18. The van der Waals surface area contributed by atoms with Crippen molar-refractivity contribution < 1.29 is 0 Å². The van der Waals surface area contributed by atoms with Crippen LogP contribution in [0.4, 0.5) is 0 Å². The van der Waals surface area contributed by atoms with Crippen molar-refractivity contribution in [1.29, 1.82) is 0 Å². The Morgan fingerprint density at radius 3 is 0.806 bits per heavy atom. The van der Waals surface area contributed by atoms with E-state index in [1.54, 1.807) is 0 Å². The summed E-state index contributed by atoms with van der Waals surface area (Å²) in [5.41, 5.74) is 12.6. The summed E-state index contributed by atoms with van der Waals surface area (Å²) in [6, 6.07) is 77.3. The maximum atomic E-state index is 2.48. The number of rotatable bonds is 2. The van der Waals surface area contributed by atoms with Crippen LogP contribution in [0.1, 0.15) is 0 Å². The van der Waals surface area contributed by atoms with Crippen molar-refractivity contribution in [2.24, 2.45) is 0 Å². The average Bonchev–Trinajstić information content (AvgIpc) is 3.87. The normalized spacial score (nSPS) is 12.5. The lowest BCUT2D eigenvalue weighted by atomic mass is 9.78. The van der Waals surface area contributed by atoms with Crippen molar-refractivity contribution in [1.82, 2.24) is 9.13 Å². The summed E-state index contributed by atoms with van der Waals surface area (Å²) < 4.78 is 4.96. The summed E-state index contributed by atoms with van der Waals surface area (Å²) in [7, 11) is 0. The van der Waals surface area contributed by atoms with Crippen molar-refractivity contribution in [3.8, 4) is 33.6 Å². The van der Waals surface area contributed by atoms with Crippen molar-refractivity contribution in [2.45, 2.75) is 0 Å². The maximum Gasteiger partial charge on any atom is 0.0547 e. The van der Waals surface area contributed by atoms with Crippen LogP contribution in [0.15, 0.2) is 206 Å². The number of hydrogen-bond donors (Lipinski definition) is 0. The Bertz CT molecular complexity index is 3860. The molecule has 0 radical (unpaired) electrons. The second kappa shape index (κ2) is 11.8. The molecule has 2 nitrogen and oxygen atoms in total. The Morgan fingerprint density at radius 2 is 0.484 bits per heavy atom. The van der Waals surface area contributed by atoms with E-state index >= 15 is 0 Å². The van der Waals surface area contributed by atoms with Crippen LogP contribution in [0.2, 0.25) is 0 Å². The zero-order valence-corrected chi connectivity index (χ0v) is 33.5. The van der Waals surface area contributed by atoms with Crippen molar-refractivity contribution in [3.63, 3.8) is 0 Å². The van der Waals surface area contributed by atoms with Gasteiger partial charge in [0, 0.05) is 32.9 Å². The van der Waals surface area contributed by atoms with Crippen molar-refractivity contribution >= 4 is 108 Å². The summed E-state index contributed by atoms with van der Waals surface area (Å²) in [6.07, 6.45) is 0. The topological polar surface area (TPSA) is 9.86 Å². The minimum Gasteiger partial charge on any atom is -0.309 e. The van der Waals surface area contributed by atoms with Crippen LogP contribution in [-0.4, -0.2) is 9.13 Å². The Hall–Kier alpha value is -8.20. The molecule has 1 aliphatic rings. The second-order valence-electron chi connectivity index (χ2n) is 17.3. The van der Waals surface area contributed by atoms with Gasteiger partial charge in [-0.3, -0.25) is 0 Å². The highest BCUT2D eigenvalue weighted by atomic mass is 15.0. The van der Waals surface area contributed by atoms with Gasteiger partial charge in [0.25, 0.3) is 0 Å². The Morgan fingerprint density at radius 1 is 0.210 bits per heavy atom. The third kappa shape index (κ3) is 4.23. The third-order valence-corrected chi connectivity index (χ3v) is 14.1. The van der Waals surface area contributed by atoms with Gasteiger partial charge in [-0.15, -0.1) is 0 Å². The fourth-order valence-electron chi connectivity index (χ4n) is 11.3. The number of fused-ring (bicyclic) bond motifs is 20. The monoisotopic (exact) mass is 782 g/mol. The fraction of sp³-hybridized carbons (Fsp3) is 0. The molecule has 1 aliphatic carbocycles. The molecule has 0 bridgehead atoms. The van der Waals surface area contributed by atoms with Gasteiger partial charge in [-0.25, -0.2) is 0 Å². The molecule has 0 fully saturated rings. The zero-order valence-electron chi connectivity index (χ0n) is 33.5. The fourth-order valence-corrected chi connectivity index (χ4v) is 11.3. The molecule has 0 N–H and O–H groups in total. The van der Waals surface area contributed by atoms with Gasteiger partial charge in [0.05, 0.1) is 22.1 Å². The van der Waals surface area contributed by atoms with Crippen LogP contribution in [0.3, 0.4) is 0 Å². The van der Waals surface area contributed by atoms with Gasteiger partial charge < -0.3 is 9.13 Å². The molecule has 2 heteroatoms. The van der Waals surface area contributed by atoms with E-state index in [1.807, 2.05) is 0 Å². The number of hydrogen-bond acceptors (Lipinski definition) is 0. The van der Waals surface area contributed by atoms with Gasteiger partial charge in [-0.2, -0.15) is 0 Å². The van der Waals surface area contributed by atoms with E-state index in [1.165, 1.54) is 142 Å². The standard InChI is InChI=1S/C60H34N2/c1-5-13-45-35(9-1)19-25-53-57(45)58-46-14-6-2-10-36(46)20-26-54(58)61(53)43-23-17-39-31-49-50-32-40-18-24-44(30-42(40)34-52(50)51(49)33-41(39)29-43)62-55-27-21-37-11-3-7-15-47(37)59(55)60-48-16-8-4-12-38(48)22-28-56(60)62/h1-34H. The lowest BCUT2D eigenvalue weighted by Crippen LogP contribution is -2.00. The molecular formula is C60H34N2. The Labute approximate surface area is 355 Å². The van der Waals surface area contributed by atoms with E-state index in [2.05, 4.69) is 215 Å². The zero-order chi connectivity index (χ0) is 40.2. The third-order valence-electron chi connectivity index (χ3n) is 14.1. The summed E-state index contributed by atoms with van der Waals surface area (Å²) in [5.74, 6) is 0. The molecule has 0 unspecified atom stereocenters. The first-order valence-corrected chi connectivity index (χ1v) is 21.6. The van der Waals surface area contributed by atoms with Gasteiger partial charge in [0.2, 0.25) is 0 Å². The molecule has 0 aliphatic heterocycles. The quantitative estimate of drug-likeness (QED) is 0.165. The molecule has 0 saturated carbocycles. The molecule has 0 amide bonds. The van der Waals surface area contributed by atoms with E-state index in [0.717, 1.165) is 0 Å². The van der Waals surface area contributed by atoms with Crippen LogP contribution in [0.25, 0.3) is 142 Å². The highest BCUT2D eigenvalue weighted by Crippen LogP contribution is 2.51. The van der Waals surface area contributed by atoms with Crippen LogP contribution >= 0.6 is 0 Å². The first-order chi connectivity index (χ1) is 30.7. The smallest absolute Gasteiger partial charge is 0.0547 e. The van der Waals surface area contributed by atoms with Crippen LogP contribution in [0, 0.1) is 0 Å². The molecule has 0 spiro atoms. The summed E-state index contributed by atoms with van der Waals surface area (Å²) in [6.45, 7) is 0. The van der Waals surface area contributed by atoms with Crippen molar-refractivity contribution in [3.05, 3.63) is 206 Å². The highest BCUT2D eigenvalue weighted by molar-refractivity contribution is 6.30. The van der Waals surface area contributed by atoms with Gasteiger partial charge >= 0.3 is 0 Å². The lowest BCUT2D eigenvalue weighted by Gasteiger charge is -2.26. The number of nitrogens with zero attached hydrogens (tertiary/aromatic N) is 2. The lowest BCUT2D eigenvalue weighted by molar-refractivity contribution is 1.19. The molecule has 15 rings (SSSR count). The van der Waals surface area contributed by atoms with Gasteiger partial charge in [0.1, 0.15) is 0 Å². The predicted molar refractivity (Wildman–Crippen MR) is 265 cm³/mol. The largest absolute Gasteiger partial charge is 0.309 e. The van der Waals surface area contributed by atoms with Gasteiger partial charge in [-0.1, -0.05) is 133 Å². The molecule has 284 valence electrons. The molecule has 0 atom stereocenters. The van der Waals surface area contributed by atoms with Crippen LogP contribution in [0.5, 0.6) is 0 Å². The molecule has 12 aromatic carbocycles. The predicted octanol–water partition coefficient (Wildman–Crippen LogP) is 16.4. The molecule has 0 saturated heterocycles. The first kappa shape index (κ1) is 32.6. The van der Waals surface area contributed by atoms with E-state index in [4.69, 9.17) is 0 Å². The minimum absolute atomic E-state index is 1.18.